The van der Waals surface area contributed by atoms with Crippen molar-refractivity contribution in [3.63, 3.8) is 0 Å². The predicted octanol–water partition coefficient (Wildman–Crippen LogP) is 5.49. The summed E-state index contributed by atoms with van der Waals surface area (Å²) in [7, 11) is 1.66. The van der Waals surface area contributed by atoms with E-state index in [0.29, 0.717) is 27.8 Å². The summed E-state index contributed by atoms with van der Waals surface area (Å²) in [6, 6.07) is 3.98. The molecule has 31 heavy (non-hydrogen) atoms. The van der Waals surface area contributed by atoms with Gasteiger partial charge in [-0.3, -0.25) is 9.79 Å². The average molecular weight is 444 g/mol. The molecule has 1 aromatic heterocycles. The number of pyridine rings is 1. The van der Waals surface area contributed by atoms with Gasteiger partial charge in [-0.25, -0.2) is 13.8 Å². The van der Waals surface area contributed by atoms with E-state index in [0.717, 1.165) is 6.07 Å². The molecular formula is C22H20ClF2N5O. The van der Waals surface area contributed by atoms with Crippen LogP contribution in [-0.4, -0.2) is 28.9 Å². The van der Waals surface area contributed by atoms with E-state index in [9.17, 15) is 9.18 Å². The van der Waals surface area contributed by atoms with Crippen molar-refractivity contribution in [3.8, 4) is 0 Å². The topological polar surface area (TPSA) is 69.6 Å². The van der Waals surface area contributed by atoms with Crippen LogP contribution in [0.3, 0.4) is 0 Å². The van der Waals surface area contributed by atoms with E-state index >= 15 is 4.39 Å². The number of halogens is 3. The molecule has 0 saturated carbocycles. The van der Waals surface area contributed by atoms with E-state index in [1.54, 1.807) is 20.0 Å². The molecule has 0 saturated heterocycles. The van der Waals surface area contributed by atoms with E-state index < -0.39 is 11.6 Å². The molecule has 9 heteroatoms. The summed E-state index contributed by atoms with van der Waals surface area (Å²) in [6.45, 7) is 6.77. The van der Waals surface area contributed by atoms with E-state index in [-0.39, 0.29) is 22.7 Å². The van der Waals surface area contributed by atoms with E-state index in [1.807, 2.05) is 0 Å². The number of hydrogen-bond acceptors (Lipinski definition) is 6. The highest BCUT2D eigenvalue weighted by molar-refractivity contribution is 6.30. The van der Waals surface area contributed by atoms with Crippen LogP contribution in [0.15, 0.2) is 59.6 Å². The van der Waals surface area contributed by atoms with Gasteiger partial charge in [-0.2, -0.15) is 0 Å². The van der Waals surface area contributed by atoms with Crippen LogP contribution >= 0.6 is 11.6 Å². The molecule has 0 unspecified atom stereocenters. The highest BCUT2D eigenvalue weighted by atomic mass is 35.5. The first kappa shape index (κ1) is 22.2. The SMILES string of the molecule is C=CN1C=C(c2c(F)ccc(Nc3cc(Cl)cnc3NC)c2F)N=C/C1=C(/C)C(C)=O. The second-order valence-corrected chi connectivity index (χ2v) is 7.07. The Kier molecular flexibility index (Phi) is 6.50. The van der Waals surface area contributed by atoms with Crippen LogP contribution in [0.2, 0.25) is 5.02 Å². The Balaban J connectivity index is 2.06. The third-order valence-electron chi connectivity index (χ3n) is 4.68. The predicted molar refractivity (Wildman–Crippen MR) is 120 cm³/mol. The Morgan fingerprint density at radius 1 is 1.26 bits per heavy atom. The summed E-state index contributed by atoms with van der Waals surface area (Å²) in [5, 5.41) is 6.12. The van der Waals surface area contributed by atoms with Crippen LogP contribution in [0, 0.1) is 11.6 Å². The van der Waals surface area contributed by atoms with Crippen LogP contribution in [0.1, 0.15) is 19.4 Å². The Labute approximate surface area is 183 Å². The Morgan fingerprint density at radius 3 is 2.65 bits per heavy atom. The van der Waals surface area contributed by atoms with Crippen LogP contribution in [0.25, 0.3) is 5.70 Å². The Hall–Kier alpha value is -3.52. The number of Topliss-reactive ketones (excluding diaryl/α,β-unsaturated/α-hetero) is 1. The van der Waals surface area contributed by atoms with Gasteiger partial charge < -0.3 is 15.5 Å². The Bertz CT molecular complexity index is 1160. The largest absolute Gasteiger partial charge is 0.371 e. The molecule has 160 valence electrons. The third-order valence-corrected chi connectivity index (χ3v) is 4.89. The lowest BCUT2D eigenvalue weighted by Gasteiger charge is -2.23. The summed E-state index contributed by atoms with van der Waals surface area (Å²) in [6.07, 6.45) is 5.68. The van der Waals surface area contributed by atoms with Crippen LogP contribution < -0.4 is 10.6 Å². The first-order valence-electron chi connectivity index (χ1n) is 9.24. The van der Waals surface area contributed by atoms with Crippen LogP contribution in [0.4, 0.5) is 26.0 Å². The van der Waals surface area contributed by atoms with Gasteiger partial charge in [0, 0.05) is 31.2 Å². The molecule has 1 aromatic carbocycles. The molecule has 1 aliphatic rings. The van der Waals surface area contributed by atoms with Crippen molar-refractivity contribution in [2.75, 3.05) is 17.7 Å². The normalized spacial score (nSPS) is 14.8. The van der Waals surface area contributed by atoms with E-state index in [2.05, 4.69) is 27.2 Å². The summed E-state index contributed by atoms with van der Waals surface area (Å²) in [4.78, 5) is 21.5. The van der Waals surface area contributed by atoms with Crippen molar-refractivity contribution in [2.24, 2.45) is 4.99 Å². The van der Waals surface area contributed by atoms with Gasteiger partial charge in [0.1, 0.15) is 11.6 Å². The van der Waals surface area contributed by atoms with Gasteiger partial charge in [-0.15, -0.1) is 0 Å². The number of allylic oxidation sites excluding steroid dienone is 2. The zero-order chi connectivity index (χ0) is 22.7. The third kappa shape index (κ3) is 4.49. The van der Waals surface area contributed by atoms with Crippen molar-refractivity contribution < 1.29 is 13.6 Å². The molecule has 2 N–H and O–H groups in total. The van der Waals surface area contributed by atoms with Crippen molar-refractivity contribution >= 4 is 46.5 Å². The standard InChI is InChI=1S/C22H20ClF2N5O/c1-5-30-11-18(27-10-19(30)12(2)13(3)31)20-15(24)6-7-16(21(20)25)29-17-8-14(23)9-28-22(17)26-4/h5-11,29H,1H2,2-4H3,(H,26,28)/b19-12+. The fraction of sp³-hybridized carbons (Fsp3) is 0.136. The van der Waals surface area contributed by atoms with Crippen molar-refractivity contribution in [2.45, 2.75) is 13.8 Å². The molecule has 0 aliphatic carbocycles. The minimum Gasteiger partial charge on any atom is -0.371 e. The highest BCUT2D eigenvalue weighted by Gasteiger charge is 2.22. The van der Waals surface area contributed by atoms with Gasteiger partial charge >= 0.3 is 0 Å². The molecule has 0 fully saturated rings. The number of hydrogen-bond donors (Lipinski definition) is 2. The van der Waals surface area contributed by atoms with Gasteiger partial charge in [-0.1, -0.05) is 18.2 Å². The van der Waals surface area contributed by atoms with Gasteiger partial charge in [-0.05, 0) is 32.0 Å². The van der Waals surface area contributed by atoms with E-state index in [4.69, 9.17) is 11.6 Å². The molecule has 3 rings (SSSR count). The molecule has 6 nitrogen and oxygen atoms in total. The van der Waals surface area contributed by atoms with Gasteiger partial charge in [0.2, 0.25) is 0 Å². The smallest absolute Gasteiger partial charge is 0.159 e. The fourth-order valence-electron chi connectivity index (χ4n) is 2.95. The maximum absolute atomic E-state index is 15.4. The average Bonchev–Trinajstić information content (AvgIpc) is 2.75. The molecule has 0 atom stereocenters. The number of carbonyl (C=O) groups excluding carboxylic acids is 1. The van der Waals surface area contributed by atoms with Crippen molar-refractivity contribution in [1.82, 2.24) is 9.88 Å². The summed E-state index contributed by atoms with van der Waals surface area (Å²) >= 11 is 6.00. The minimum absolute atomic E-state index is 0.0134. The van der Waals surface area contributed by atoms with E-state index in [1.165, 1.54) is 42.7 Å². The van der Waals surface area contributed by atoms with Crippen LogP contribution in [0.5, 0.6) is 0 Å². The Morgan fingerprint density at radius 2 is 2.00 bits per heavy atom. The highest BCUT2D eigenvalue weighted by Crippen LogP contribution is 2.34. The molecular weight excluding hydrogens is 424 g/mol. The lowest BCUT2D eigenvalue weighted by molar-refractivity contribution is -0.113. The molecule has 0 bridgehead atoms. The molecule has 0 amide bonds. The van der Waals surface area contributed by atoms with Gasteiger partial charge in [0.25, 0.3) is 0 Å². The van der Waals surface area contributed by atoms with Gasteiger partial charge in [0.15, 0.2) is 11.6 Å². The van der Waals surface area contributed by atoms with Crippen molar-refractivity contribution in [1.29, 1.82) is 0 Å². The zero-order valence-electron chi connectivity index (χ0n) is 17.1. The lowest BCUT2D eigenvalue weighted by Crippen LogP contribution is -2.18. The number of benzene rings is 1. The number of aliphatic imine (C=N–C) groups is 1. The first-order valence-corrected chi connectivity index (χ1v) is 9.61. The monoisotopic (exact) mass is 443 g/mol. The number of ketones is 1. The number of carbonyl (C=O) groups is 1. The first-order chi connectivity index (χ1) is 14.8. The maximum Gasteiger partial charge on any atom is 0.159 e. The van der Waals surface area contributed by atoms with Gasteiger partial charge in [0.05, 0.1) is 39.6 Å². The second kappa shape index (κ2) is 9.09. The number of anilines is 3. The summed E-state index contributed by atoms with van der Waals surface area (Å²) in [5.74, 6) is -1.34. The number of aromatic nitrogens is 1. The molecule has 2 heterocycles. The minimum atomic E-state index is -0.842. The number of rotatable bonds is 6. The summed E-state index contributed by atoms with van der Waals surface area (Å²) < 4.78 is 30.0. The zero-order valence-corrected chi connectivity index (χ0v) is 17.9. The molecule has 0 spiro atoms. The lowest BCUT2D eigenvalue weighted by atomic mass is 10.1. The van der Waals surface area contributed by atoms with Crippen LogP contribution in [-0.2, 0) is 4.79 Å². The molecule has 1 aliphatic heterocycles. The molecule has 2 aromatic rings. The van der Waals surface area contributed by atoms with Crippen molar-refractivity contribution in [3.05, 3.63) is 76.9 Å². The number of nitrogens with one attached hydrogen (secondary N) is 2. The maximum atomic E-state index is 15.4. The quantitative estimate of drug-likeness (QED) is 0.578. The second-order valence-electron chi connectivity index (χ2n) is 6.64. The molecule has 0 radical (unpaired) electrons. The summed E-state index contributed by atoms with van der Waals surface area (Å²) in [5.41, 5.74) is 1.07. The fourth-order valence-corrected chi connectivity index (χ4v) is 3.10. The number of nitrogens with zero attached hydrogens (tertiary/aromatic N) is 3.